The summed E-state index contributed by atoms with van der Waals surface area (Å²) in [6.45, 7) is 0. The van der Waals surface area contributed by atoms with Crippen molar-refractivity contribution < 1.29 is 19.3 Å². The minimum atomic E-state index is -0.592. The Morgan fingerprint density at radius 2 is 1.75 bits per heavy atom. The number of aliphatic hydroxyl groups is 1. The second-order valence-electron chi connectivity index (χ2n) is 4.67. The Kier molecular flexibility index (Phi) is 3.24. The van der Waals surface area contributed by atoms with Crippen LogP contribution in [-0.2, 0) is 6.42 Å². The quantitative estimate of drug-likeness (QED) is 0.912. The highest BCUT2D eigenvalue weighted by Crippen LogP contribution is 2.42. The maximum atomic E-state index is 10.3. The van der Waals surface area contributed by atoms with Crippen molar-refractivity contribution in [3.05, 3.63) is 47.5 Å². The SMILES string of the molecule is COc1cc2c(cc1OC)Oc1ccccc1C(O)C2. The van der Waals surface area contributed by atoms with Crippen molar-refractivity contribution in [1.29, 1.82) is 0 Å². The van der Waals surface area contributed by atoms with Gasteiger partial charge in [-0.25, -0.2) is 0 Å². The molecule has 104 valence electrons. The van der Waals surface area contributed by atoms with Crippen LogP contribution < -0.4 is 14.2 Å². The Bertz CT molecular complexity index is 636. The molecule has 0 aliphatic carbocycles. The minimum absolute atomic E-state index is 0.479. The predicted octanol–water partition coefficient (Wildman–Crippen LogP) is 3.09. The van der Waals surface area contributed by atoms with Gasteiger partial charge in [-0.15, -0.1) is 0 Å². The first-order valence-electron chi connectivity index (χ1n) is 6.42. The lowest BCUT2D eigenvalue weighted by Crippen LogP contribution is -2.00. The molecule has 4 nitrogen and oxygen atoms in total. The van der Waals surface area contributed by atoms with E-state index in [1.807, 2.05) is 30.3 Å². The molecule has 1 aliphatic heterocycles. The molecule has 1 heterocycles. The fourth-order valence-electron chi connectivity index (χ4n) is 2.44. The number of methoxy groups -OCH3 is 2. The largest absolute Gasteiger partial charge is 0.493 e. The fraction of sp³-hybridized carbons (Fsp3) is 0.250. The summed E-state index contributed by atoms with van der Waals surface area (Å²) in [5, 5.41) is 10.3. The maximum Gasteiger partial charge on any atom is 0.164 e. The van der Waals surface area contributed by atoms with Crippen LogP contribution in [0.2, 0.25) is 0 Å². The summed E-state index contributed by atoms with van der Waals surface area (Å²) in [7, 11) is 3.18. The highest BCUT2D eigenvalue weighted by atomic mass is 16.5. The normalized spacial score (nSPS) is 16.4. The lowest BCUT2D eigenvalue weighted by molar-refractivity contribution is 0.178. The third-order valence-corrected chi connectivity index (χ3v) is 3.48. The van der Waals surface area contributed by atoms with E-state index in [-0.39, 0.29) is 0 Å². The van der Waals surface area contributed by atoms with Gasteiger partial charge < -0.3 is 19.3 Å². The molecular formula is C16H16O4. The van der Waals surface area contributed by atoms with E-state index in [1.54, 1.807) is 20.3 Å². The lowest BCUT2D eigenvalue weighted by Gasteiger charge is -2.13. The highest BCUT2D eigenvalue weighted by molar-refractivity contribution is 5.54. The van der Waals surface area contributed by atoms with Crippen molar-refractivity contribution in [2.75, 3.05) is 14.2 Å². The predicted molar refractivity (Wildman–Crippen MR) is 74.7 cm³/mol. The topological polar surface area (TPSA) is 47.9 Å². The van der Waals surface area contributed by atoms with E-state index >= 15 is 0 Å². The molecule has 4 heteroatoms. The van der Waals surface area contributed by atoms with Crippen molar-refractivity contribution >= 4 is 0 Å². The van der Waals surface area contributed by atoms with E-state index < -0.39 is 6.10 Å². The van der Waals surface area contributed by atoms with Crippen LogP contribution in [0, 0.1) is 0 Å². The van der Waals surface area contributed by atoms with E-state index in [2.05, 4.69) is 0 Å². The van der Waals surface area contributed by atoms with Gasteiger partial charge in [-0.05, 0) is 12.1 Å². The molecular weight excluding hydrogens is 256 g/mol. The van der Waals surface area contributed by atoms with Crippen molar-refractivity contribution in [2.24, 2.45) is 0 Å². The molecule has 1 atom stereocenters. The van der Waals surface area contributed by atoms with Crippen LogP contribution in [0.1, 0.15) is 17.2 Å². The molecule has 2 aromatic carbocycles. The van der Waals surface area contributed by atoms with Gasteiger partial charge in [0.2, 0.25) is 0 Å². The van der Waals surface area contributed by atoms with Gasteiger partial charge in [-0.1, -0.05) is 18.2 Å². The average Bonchev–Trinajstić information content (AvgIpc) is 2.61. The first-order valence-corrected chi connectivity index (χ1v) is 6.42. The molecule has 1 N–H and O–H groups in total. The molecule has 20 heavy (non-hydrogen) atoms. The zero-order valence-corrected chi connectivity index (χ0v) is 11.4. The molecule has 0 spiro atoms. The number of hydrogen-bond acceptors (Lipinski definition) is 4. The summed E-state index contributed by atoms with van der Waals surface area (Å²) in [5.74, 6) is 2.60. The summed E-state index contributed by atoms with van der Waals surface area (Å²) in [5.41, 5.74) is 1.69. The number of para-hydroxylation sites is 1. The van der Waals surface area contributed by atoms with E-state index in [0.717, 1.165) is 11.1 Å². The molecule has 0 radical (unpaired) electrons. The number of ether oxygens (including phenoxy) is 3. The van der Waals surface area contributed by atoms with Gasteiger partial charge in [-0.3, -0.25) is 0 Å². The van der Waals surface area contributed by atoms with E-state index in [4.69, 9.17) is 14.2 Å². The number of aliphatic hydroxyl groups excluding tert-OH is 1. The minimum Gasteiger partial charge on any atom is -0.493 e. The van der Waals surface area contributed by atoms with Gasteiger partial charge in [-0.2, -0.15) is 0 Å². The van der Waals surface area contributed by atoms with Gasteiger partial charge in [0.05, 0.1) is 20.3 Å². The third-order valence-electron chi connectivity index (χ3n) is 3.48. The summed E-state index contributed by atoms with van der Waals surface area (Å²) >= 11 is 0. The second-order valence-corrected chi connectivity index (χ2v) is 4.67. The summed E-state index contributed by atoms with van der Waals surface area (Å²) in [6, 6.07) is 11.1. The maximum absolute atomic E-state index is 10.3. The Balaban J connectivity index is 2.12. The Morgan fingerprint density at radius 1 is 1.05 bits per heavy atom. The van der Waals surface area contributed by atoms with Gasteiger partial charge in [0.1, 0.15) is 11.5 Å². The third kappa shape index (κ3) is 2.08. The van der Waals surface area contributed by atoms with Crippen molar-refractivity contribution in [2.45, 2.75) is 12.5 Å². The summed E-state index contributed by atoms with van der Waals surface area (Å²) in [4.78, 5) is 0. The monoisotopic (exact) mass is 272 g/mol. The standard InChI is InChI=1S/C16H16O4/c1-18-15-8-10-7-12(17)11-5-3-4-6-13(11)20-14(10)9-16(15)19-2/h3-6,8-9,12,17H,7H2,1-2H3. The molecule has 1 aliphatic rings. The molecule has 0 saturated heterocycles. The van der Waals surface area contributed by atoms with Gasteiger partial charge in [0.25, 0.3) is 0 Å². The van der Waals surface area contributed by atoms with Crippen LogP contribution in [-0.4, -0.2) is 19.3 Å². The Hall–Kier alpha value is -2.20. The van der Waals surface area contributed by atoms with Crippen molar-refractivity contribution in [3.8, 4) is 23.0 Å². The number of fused-ring (bicyclic) bond motifs is 2. The van der Waals surface area contributed by atoms with E-state index in [0.29, 0.717) is 29.4 Å². The molecule has 3 rings (SSSR count). The Morgan fingerprint density at radius 3 is 2.50 bits per heavy atom. The Labute approximate surface area is 117 Å². The lowest BCUT2D eigenvalue weighted by atomic mass is 10.0. The highest BCUT2D eigenvalue weighted by Gasteiger charge is 2.23. The van der Waals surface area contributed by atoms with Gasteiger partial charge >= 0.3 is 0 Å². The molecule has 2 aromatic rings. The van der Waals surface area contributed by atoms with E-state index in [9.17, 15) is 5.11 Å². The zero-order chi connectivity index (χ0) is 14.1. The zero-order valence-electron chi connectivity index (χ0n) is 11.4. The average molecular weight is 272 g/mol. The van der Waals surface area contributed by atoms with Gasteiger partial charge in [0.15, 0.2) is 11.5 Å². The molecule has 0 bridgehead atoms. The molecule has 0 aromatic heterocycles. The van der Waals surface area contributed by atoms with Crippen LogP contribution >= 0.6 is 0 Å². The van der Waals surface area contributed by atoms with Crippen LogP contribution in [0.15, 0.2) is 36.4 Å². The molecule has 0 fully saturated rings. The summed E-state index contributed by atoms with van der Waals surface area (Å²) in [6.07, 6.45) is -0.113. The van der Waals surface area contributed by atoms with Crippen molar-refractivity contribution in [3.63, 3.8) is 0 Å². The van der Waals surface area contributed by atoms with E-state index in [1.165, 1.54) is 0 Å². The first kappa shape index (κ1) is 12.8. The number of hydrogen-bond donors (Lipinski definition) is 1. The van der Waals surface area contributed by atoms with Crippen LogP contribution in [0.25, 0.3) is 0 Å². The molecule has 0 saturated carbocycles. The number of rotatable bonds is 2. The van der Waals surface area contributed by atoms with Gasteiger partial charge in [0, 0.05) is 23.6 Å². The van der Waals surface area contributed by atoms with Crippen molar-refractivity contribution in [1.82, 2.24) is 0 Å². The molecule has 0 amide bonds. The smallest absolute Gasteiger partial charge is 0.164 e. The first-order chi connectivity index (χ1) is 9.72. The van der Waals surface area contributed by atoms with Crippen LogP contribution in [0.5, 0.6) is 23.0 Å². The fourth-order valence-corrected chi connectivity index (χ4v) is 2.44. The number of benzene rings is 2. The second kappa shape index (κ2) is 5.06. The summed E-state index contributed by atoms with van der Waals surface area (Å²) < 4.78 is 16.5. The van der Waals surface area contributed by atoms with Crippen LogP contribution in [0.4, 0.5) is 0 Å². The van der Waals surface area contributed by atoms with Crippen LogP contribution in [0.3, 0.4) is 0 Å². The molecule has 1 unspecified atom stereocenters.